The van der Waals surface area contributed by atoms with E-state index in [1.54, 1.807) is 18.7 Å². The fourth-order valence-electron chi connectivity index (χ4n) is 2.54. The first-order chi connectivity index (χ1) is 8.34. The number of amides is 2. The van der Waals surface area contributed by atoms with Crippen LogP contribution in [0.15, 0.2) is 0 Å². The Morgan fingerprint density at radius 3 is 2.11 bits per heavy atom. The highest BCUT2D eigenvalue weighted by Gasteiger charge is 2.32. The van der Waals surface area contributed by atoms with E-state index in [2.05, 4.69) is 5.32 Å². The largest absolute Gasteiger partial charge is 0.480 e. The lowest BCUT2D eigenvalue weighted by Crippen LogP contribution is -2.56. The molecule has 1 heterocycles. The third-order valence-corrected chi connectivity index (χ3v) is 3.64. The normalized spacial score (nSPS) is 25.9. The van der Waals surface area contributed by atoms with Gasteiger partial charge in [-0.1, -0.05) is 13.8 Å². The van der Waals surface area contributed by atoms with Crippen molar-refractivity contribution in [2.75, 3.05) is 0 Å². The molecule has 5 heteroatoms. The summed E-state index contributed by atoms with van der Waals surface area (Å²) in [6.07, 6.45) is 3.09. The Bertz CT molecular complexity index is 307. The average Bonchev–Trinajstić information content (AvgIpc) is 2.24. The van der Waals surface area contributed by atoms with Crippen molar-refractivity contribution < 1.29 is 14.7 Å². The van der Waals surface area contributed by atoms with Crippen LogP contribution in [-0.4, -0.2) is 40.1 Å². The number of aliphatic carboxylic acids is 1. The molecular weight excluding hydrogens is 232 g/mol. The van der Waals surface area contributed by atoms with Crippen LogP contribution in [0.1, 0.15) is 47.0 Å². The fraction of sp³-hybridized carbons (Fsp3) is 0.846. The number of carbonyl (C=O) groups excluding carboxylic acids is 1. The zero-order chi connectivity index (χ0) is 13.9. The van der Waals surface area contributed by atoms with E-state index in [0.29, 0.717) is 0 Å². The number of piperidine rings is 1. The molecule has 1 saturated heterocycles. The molecule has 1 fully saturated rings. The summed E-state index contributed by atoms with van der Waals surface area (Å²) in [5, 5.41) is 11.7. The summed E-state index contributed by atoms with van der Waals surface area (Å²) < 4.78 is 0. The summed E-state index contributed by atoms with van der Waals surface area (Å²) in [5.41, 5.74) is 0. The second kappa shape index (κ2) is 6.07. The molecule has 0 aliphatic carbocycles. The highest BCUT2D eigenvalue weighted by molar-refractivity contribution is 5.83. The van der Waals surface area contributed by atoms with Gasteiger partial charge in [-0.2, -0.15) is 0 Å². The topological polar surface area (TPSA) is 69.6 Å². The van der Waals surface area contributed by atoms with Gasteiger partial charge in [0.2, 0.25) is 0 Å². The highest BCUT2D eigenvalue weighted by atomic mass is 16.4. The van der Waals surface area contributed by atoms with Gasteiger partial charge in [-0.05, 0) is 39.0 Å². The summed E-state index contributed by atoms with van der Waals surface area (Å²) in [6.45, 7) is 7.62. The second-order valence-corrected chi connectivity index (χ2v) is 5.55. The maximum atomic E-state index is 12.2. The van der Waals surface area contributed by atoms with Crippen LogP contribution in [0.2, 0.25) is 0 Å². The molecule has 1 aliphatic heterocycles. The van der Waals surface area contributed by atoms with Gasteiger partial charge in [0.05, 0.1) is 0 Å². The Balaban J connectivity index is 2.70. The zero-order valence-corrected chi connectivity index (χ0v) is 11.6. The van der Waals surface area contributed by atoms with Crippen molar-refractivity contribution in [2.45, 2.75) is 65.1 Å². The number of hydrogen-bond acceptors (Lipinski definition) is 2. The van der Waals surface area contributed by atoms with Gasteiger partial charge in [-0.25, -0.2) is 9.59 Å². The minimum absolute atomic E-state index is 0.123. The molecule has 0 radical (unpaired) electrons. The van der Waals surface area contributed by atoms with E-state index in [9.17, 15) is 9.59 Å². The molecule has 2 N–H and O–H groups in total. The van der Waals surface area contributed by atoms with E-state index in [0.717, 1.165) is 19.3 Å². The first-order valence-electron chi connectivity index (χ1n) is 6.66. The van der Waals surface area contributed by atoms with Gasteiger partial charge in [-0.15, -0.1) is 0 Å². The zero-order valence-electron chi connectivity index (χ0n) is 11.6. The highest BCUT2D eigenvalue weighted by Crippen LogP contribution is 2.22. The molecule has 104 valence electrons. The van der Waals surface area contributed by atoms with E-state index in [1.807, 2.05) is 13.8 Å². The van der Waals surface area contributed by atoms with Gasteiger partial charge < -0.3 is 15.3 Å². The molecule has 5 nitrogen and oxygen atoms in total. The number of carboxylic acids is 1. The number of nitrogens with zero attached hydrogens (tertiary/aromatic N) is 1. The van der Waals surface area contributed by atoms with E-state index in [-0.39, 0.29) is 24.0 Å². The predicted octanol–water partition coefficient (Wildman–Crippen LogP) is 2.07. The smallest absolute Gasteiger partial charge is 0.326 e. The maximum absolute atomic E-state index is 12.2. The molecule has 1 rings (SSSR count). The molecule has 0 aromatic heterocycles. The first-order valence-corrected chi connectivity index (χ1v) is 6.66. The van der Waals surface area contributed by atoms with E-state index >= 15 is 0 Å². The molecule has 18 heavy (non-hydrogen) atoms. The van der Waals surface area contributed by atoms with Crippen molar-refractivity contribution in [2.24, 2.45) is 5.92 Å². The number of hydrogen-bond donors (Lipinski definition) is 2. The van der Waals surface area contributed by atoms with Crippen molar-refractivity contribution in [1.82, 2.24) is 10.2 Å². The van der Waals surface area contributed by atoms with Crippen LogP contribution in [-0.2, 0) is 4.79 Å². The number of likely N-dealkylation sites (tertiary alicyclic amines) is 1. The van der Waals surface area contributed by atoms with Crippen LogP contribution in [0.5, 0.6) is 0 Å². The number of urea groups is 1. The monoisotopic (exact) mass is 256 g/mol. The number of carbonyl (C=O) groups is 2. The molecule has 2 amide bonds. The lowest BCUT2D eigenvalue weighted by atomic mass is 9.98. The first kappa shape index (κ1) is 14.8. The summed E-state index contributed by atoms with van der Waals surface area (Å²) in [4.78, 5) is 25.1. The van der Waals surface area contributed by atoms with E-state index in [1.165, 1.54) is 0 Å². The van der Waals surface area contributed by atoms with Gasteiger partial charge in [0.15, 0.2) is 0 Å². The molecule has 3 unspecified atom stereocenters. The number of carboxylic acid groups (broad SMARTS) is 1. The van der Waals surface area contributed by atoms with E-state index < -0.39 is 12.0 Å². The Morgan fingerprint density at radius 2 is 1.72 bits per heavy atom. The molecule has 0 aromatic rings. The van der Waals surface area contributed by atoms with Gasteiger partial charge in [0.25, 0.3) is 0 Å². The molecule has 0 aromatic carbocycles. The SMILES string of the molecule is CC(C)C(NC(=O)N1C(C)CCCC1C)C(=O)O. The van der Waals surface area contributed by atoms with Crippen LogP contribution < -0.4 is 5.32 Å². The third-order valence-electron chi connectivity index (χ3n) is 3.64. The minimum atomic E-state index is -0.976. The Labute approximate surface area is 109 Å². The summed E-state index contributed by atoms with van der Waals surface area (Å²) in [6, 6.07) is -0.722. The van der Waals surface area contributed by atoms with Crippen LogP contribution in [0.4, 0.5) is 4.79 Å². The van der Waals surface area contributed by atoms with Crippen LogP contribution in [0.3, 0.4) is 0 Å². The molecule has 1 aliphatic rings. The minimum Gasteiger partial charge on any atom is -0.480 e. The Kier molecular flexibility index (Phi) is 4.99. The van der Waals surface area contributed by atoms with Crippen molar-refractivity contribution in [1.29, 1.82) is 0 Å². The van der Waals surface area contributed by atoms with Crippen LogP contribution >= 0.6 is 0 Å². The van der Waals surface area contributed by atoms with Crippen molar-refractivity contribution in [3.63, 3.8) is 0 Å². The predicted molar refractivity (Wildman–Crippen MR) is 69.4 cm³/mol. The standard InChI is InChI=1S/C13H24N2O3/c1-8(2)11(12(16)17)14-13(18)15-9(3)6-5-7-10(15)4/h8-11H,5-7H2,1-4H3,(H,14,18)(H,16,17). The van der Waals surface area contributed by atoms with Gasteiger partial charge in [0.1, 0.15) is 6.04 Å². The molecule has 0 bridgehead atoms. The second-order valence-electron chi connectivity index (χ2n) is 5.55. The fourth-order valence-corrected chi connectivity index (χ4v) is 2.54. The van der Waals surface area contributed by atoms with Crippen LogP contribution in [0, 0.1) is 5.92 Å². The van der Waals surface area contributed by atoms with Gasteiger partial charge in [0, 0.05) is 12.1 Å². The lowest BCUT2D eigenvalue weighted by molar-refractivity contribution is -0.140. The number of nitrogens with one attached hydrogen (secondary N) is 1. The molecule has 0 saturated carbocycles. The lowest BCUT2D eigenvalue weighted by Gasteiger charge is -2.39. The molecular formula is C13H24N2O3. The summed E-state index contributed by atoms with van der Waals surface area (Å²) >= 11 is 0. The maximum Gasteiger partial charge on any atom is 0.326 e. The quantitative estimate of drug-likeness (QED) is 0.812. The molecule has 3 atom stereocenters. The summed E-state index contributed by atoms with van der Waals surface area (Å²) in [5.74, 6) is -1.10. The van der Waals surface area contributed by atoms with Crippen LogP contribution in [0.25, 0.3) is 0 Å². The third kappa shape index (κ3) is 3.37. The number of rotatable bonds is 3. The van der Waals surface area contributed by atoms with Crippen molar-refractivity contribution in [3.05, 3.63) is 0 Å². The summed E-state index contributed by atoms with van der Waals surface area (Å²) in [7, 11) is 0. The van der Waals surface area contributed by atoms with Crippen molar-refractivity contribution >= 4 is 12.0 Å². The molecule has 0 spiro atoms. The van der Waals surface area contributed by atoms with Gasteiger partial charge in [-0.3, -0.25) is 0 Å². The average molecular weight is 256 g/mol. The Morgan fingerprint density at radius 1 is 1.22 bits per heavy atom. The Hall–Kier alpha value is -1.26. The van der Waals surface area contributed by atoms with Gasteiger partial charge >= 0.3 is 12.0 Å². The van der Waals surface area contributed by atoms with Crippen molar-refractivity contribution in [3.8, 4) is 0 Å². The van der Waals surface area contributed by atoms with E-state index in [4.69, 9.17) is 5.11 Å².